The molecule has 0 bridgehead atoms. The van der Waals surface area contributed by atoms with Gasteiger partial charge in [-0.15, -0.1) is 0 Å². The predicted molar refractivity (Wildman–Crippen MR) is 128 cm³/mol. The van der Waals surface area contributed by atoms with Crippen LogP contribution in [0.1, 0.15) is 22.8 Å². The van der Waals surface area contributed by atoms with Crippen LogP contribution in [-0.2, 0) is 13.0 Å². The molecule has 0 radical (unpaired) electrons. The van der Waals surface area contributed by atoms with Gasteiger partial charge in [-0.1, -0.05) is 48.5 Å². The Balaban J connectivity index is 1.35. The lowest BCUT2D eigenvalue weighted by atomic mass is 10.1. The molecular weight excluding hydrogens is 412 g/mol. The fourth-order valence-corrected chi connectivity index (χ4v) is 3.85. The van der Waals surface area contributed by atoms with Gasteiger partial charge in [0, 0.05) is 24.8 Å². The monoisotopic (exact) mass is 436 g/mol. The van der Waals surface area contributed by atoms with Crippen LogP contribution in [0.5, 0.6) is 0 Å². The zero-order chi connectivity index (χ0) is 22.6. The second-order valence-corrected chi connectivity index (χ2v) is 7.75. The third-order valence-corrected chi connectivity index (χ3v) is 5.58. The number of para-hydroxylation sites is 1. The predicted octanol–water partition coefficient (Wildman–Crippen LogP) is 4.28. The van der Waals surface area contributed by atoms with Gasteiger partial charge >= 0.3 is 0 Å². The van der Waals surface area contributed by atoms with E-state index in [0.717, 1.165) is 27.9 Å². The van der Waals surface area contributed by atoms with E-state index in [1.807, 2.05) is 95.4 Å². The summed E-state index contributed by atoms with van der Waals surface area (Å²) in [5.74, 6) is -0.134. The molecule has 0 spiro atoms. The van der Waals surface area contributed by atoms with E-state index in [2.05, 4.69) is 15.5 Å². The summed E-state index contributed by atoms with van der Waals surface area (Å²) in [7, 11) is 0. The number of aromatic nitrogens is 5. The van der Waals surface area contributed by atoms with Crippen molar-refractivity contribution in [1.82, 2.24) is 29.9 Å². The maximum Gasteiger partial charge on any atom is 0.252 e. The van der Waals surface area contributed by atoms with Gasteiger partial charge in [0.1, 0.15) is 0 Å². The van der Waals surface area contributed by atoms with Crippen molar-refractivity contribution in [3.63, 3.8) is 0 Å². The Morgan fingerprint density at radius 2 is 1.73 bits per heavy atom. The molecule has 0 unspecified atom stereocenters. The van der Waals surface area contributed by atoms with Crippen LogP contribution >= 0.6 is 0 Å². The molecular formula is C26H24N6O. The summed E-state index contributed by atoms with van der Waals surface area (Å²) >= 11 is 0. The van der Waals surface area contributed by atoms with Crippen LogP contribution in [0, 0.1) is 0 Å². The second kappa shape index (κ2) is 9.08. The first-order valence-corrected chi connectivity index (χ1v) is 11.0. The molecule has 0 aliphatic carbocycles. The first-order valence-electron chi connectivity index (χ1n) is 11.0. The molecule has 5 rings (SSSR count). The van der Waals surface area contributed by atoms with Crippen molar-refractivity contribution in [1.29, 1.82) is 0 Å². The molecule has 7 heteroatoms. The molecule has 7 nitrogen and oxygen atoms in total. The molecule has 1 amide bonds. The smallest absolute Gasteiger partial charge is 0.252 e. The maximum absolute atomic E-state index is 13.2. The molecule has 0 atom stereocenters. The van der Waals surface area contributed by atoms with Crippen LogP contribution in [0.2, 0.25) is 0 Å². The van der Waals surface area contributed by atoms with E-state index in [-0.39, 0.29) is 5.91 Å². The highest BCUT2D eigenvalue weighted by Gasteiger charge is 2.17. The summed E-state index contributed by atoms with van der Waals surface area (Å²) in [5, 5.41) is 12.6. The van der Waals surface area contributed by atoms with Crippen LogP contribution in [0.4, 0.5) is 0 Å². The van der Waals surface area contributed by atoms with Crippen LogP contribution in [0.15, 0.2) is 85.3 Å². The zero-order valence-electron chi connectivity index (χ0n) is 18.3. The summed E-state index contributed by atoms with van der Waals surface area (Å²) in [6, 6.07) is 21.7. The third-order valence-electron chi connectivity index (χ3n) is 5.58. The standard InChI is InChI=1S/C26H24N6O/c1-2-31-25-23(17-29-31)22(15-24(30-25)20-9-5-3-6-10-20)26(33)27-14-13-19-16-28-32(18-19)21-11-7-4-8-12-21/h3-12,15-18H,2,13-14H2,1H3,(H,27,33). The van der Waals surface area contributed by atoms with E-state index in [4.69, 9.17) is 4.98 Å². The Morgan fingerprint density at radius 1 is 0.970 bits per heavy atom. The highest BCUT2D eigenvalue weighted by molar-refractivity contribution is 6.06. The van der Waals surface area contributed by atoms with Crippen molar-refractivity contribution < 1.29 is 4.79 Å². The molecule has 0 aliphatic rings. The van der Waals surface area contributed by atoms with E-state index in [0.29, 0.717) is 30.7 Å². The van der Waals surface area contributed by atoms with Gasteiger partial charge in [0.25, 0.3) is 5.91 Å². The SMILES string of the molecule is CCn1ncc2c(C(=O)NCCc3cnn(-c4ccccc4)c3)cc(-c3ccccc3)nc21. The van der Waals surface area contributed by atoms with Crippen molar-refractivity contribution in [2.24, 2.45) is 0 Å². The van der Waals surface area contributed by atoms with Crippen LogP contribution in [0.25, 0.3) is 28.0 Å². The summed E-state index contributed by atoms with van der Waals surface area (Å²) in [4.78, 5) is 17.9. The van der Waals surface area contributed by atoms with Gasteiger partial charge in [0.05, 0.1) is 34.7 Å². The van der Waals surface area contributed by atoms with Crippen LogP contribution in [0.3, 0.4) is 0 Å². The van der Waals surface area contributed by atoms with Gasteiger partial charge in [-0.05, 0) is 37.1 Å². The fraction of sp³-hybridized carbons (Fsp3) is 0.154. The Labute approximate surface area is 191 Å². The normalized spacial score (nSPS) is 11.1. The maximum atomic E-state index is 13.2. The largest absolute Gasteiger partial charge is 0.352 e. The number of rotatable bonds is 7. The van der Waals surface area contributed by atoms with Crippen molar-refractivity contribution in [2.75, 3.05) is 6.54 Å². The molecule has 0 saturated carbocycles. The minimum Gasteiger partial charge on any atom is -0.352 e. The number of fused-ring (bicyclic) bond motifs is 1. The number of carbonyl (C=O) groups is 1. The minimum atomic E-state index is -0.134. The molecule has 0 aliphatic heterocycles. The second-order valence-electron chi connectivity index (χ2n) is 7.75. The molecule has 164 valence electrons. The molecule has 1 N–H and O–H groups in total. The molecule has 3 aromatic heterocycles. The van der Waals surface area contributed by atoms with Gasteiger partial charge in [-0.3, -0.25) is 4.79 Å². The Hall–Kier alpha value is -4.26. The molecule has 0 saturated heterocycles. The molecule has 5 aromatic rings. The number of aryl methyl sites for hydroxylation is 1. The van der Waals surface area contributed by atoms with Gasteiger partial charge in [0.2, 0.25) is 0 Å². The molecule has 3 heterocycles. The van der Waals surface area contributed by atoms with Gasteiger partial charge in [-0.25, -0.2) is 14.3 Å². The van der Waals surface area contributed by atoms with Crippen molar-refractivity contribution >= 4 is 16.9 Å². The van der Waals surface area contributed by atoms with E-state index >= 15 is 0 Å². The lowest BCUT2D eigenvalue weighted by Gasteiger charge is -2.09. The number of benzene rings is 2. The Morgan fingerprint density at radius 3 is 2.48 bits per heavy atom. The van der Waals surface area contributed by atoms with Crippen molar-refractivity contribution in [2.45, 2.75) is 19.9 Å². The highest BCUT2D eigenvalue weighted by atomic mass is 16.1. The first-order chi connectivity index (χ1) is 16.2. The topological polar surface area (TPSA) is 77.6 Å². The zero-order valence-corrected chi connectivity index (χ0v) is 18.3. The van der Waals surface area contributed by atoms with Crippen LogP contribution in [-0.4, -0.2) is 37.0 Å². The average Bonchev–Trinajstić information content (AvgIpc) is 3.51. The van der Waals surface area contributed by atoms with E-state index in [9.17, 15) is 4.79 Å². The van der Waals surface area contributed by atoms with E-state index in [1.54, 1.807) is 6.20 Å². The summed E-state index contributed by atoms with van der Waals surface area (Å²) in [5.41, 5.74) is 5.08. The quantitative estimate of drug-likeness (QED) is 0.413. The van der Waals surface area contributed by atoms with Crippen LogP contribution < -0.4 is 5.32 Å². The number of nitrogens with one attached hydrogen (secondary N) is 1. The summed E-state index contributed by atoms with van der Waals surface area (Å²) in [6.45, 7) is 3.20. The van der Waals surface area contributed by atoms with Crippen molar-refractivity contribution in [3.05, 3.63) is 96.4 Å². The highest BCUT2D eigenvalue weighted by Crippen LogP contribution is 2.25. The average molecular weight is 437 g/mol. The van der Waals surface area contributed by atoms with Gasteiger partial charge in [-0.2, -0.15) is 10.2 Å². The van der Waals surface area contributed by atoms with Crippen molar-refractivity contribution in [3.8, 4) is 16.9 Å². The Kier molecular flexibility index (Phi) is 5.68. The number of amides is 1. The lowest BCUT2D eigenvalue weighted by molar-refractivity contribution is 0.0955. The first kappa shape index (κ1) is 20.6. The van der Waals surface area contributed by atoms with E-state index < -0.39 is 0 Å². The Bertz CT molecular complexity index is 1390. The van der Waals surface area contributed by atoms with E-state index in [1.165, 1.54) is 0 Å². The van der Waals surface area contributed by atoms with Gasteiger partial charge < -0.3 is 5.32 Å². The third kappa shape index (κ3) is 4.25. The fourth-order valence-electron chi connectivity index (χ4n) is 3.85. The molecule has 2 aromatic carbocycles. The number of hydrogen-bond acceptors (Lipinski definition) is 4. The molecule has 0 fully saturated rings. The molecule has 33 heavy (non-hydrogen) atoms. The summed E-state index contributed by atoms with van der Waals surface area (Å²) in [6.07, 6.45) is 6.24. The van der Waals surface area contributed by atoms with Gasteiger partial charge in [0.15, 0.2) is 5.65 Å². The number of nitrogens with zero attached hydrogens (tertiary/aromatic N) is 5. The minimum absolute atomic E-state index is 0.134. The number of pyridine rings is 1. The summed E-state index contributed by atoms with van der Waals surface area (Å²) < 4.78 is 3.66. The lowest BCUT2D eigenvalue weighted by Crippen LogP contribution is -2.26. The number of carbonyl (C=O) groups excluding carboxylic acids is 1. The number of hydrogen-bond donors (Lipinski definition) is 1.